The zero-order valence-electron chi connectivity index (χ0n) is 16.5. The molecule has 150 valence electrons. The Bertz CT molecular complexity index is 569. The van der Waals surface area contributed by atoms with Crippen molar-refractivity contribution in [2.45, 2.75) is 76.2 Å². The first-order valence-corrected chi connectivity index (χ1v) is 11.4. The first-order valence-electron chi connectivity index (χ1n) is 11.4. The van der Waals surface area contributed by atoms with Gasteiger partial charge in [-0.05, 0) is 81.0 Å². The van der Waals surface area contributed by atoms with Crippen molar-refractivity contribution in [3.63, 3.8) is 0 Å². The van der Waals surface area contributed by atoms with Gasteiger partial charge in [-0.3, -0.25) is 4.79 Å². The van der Waals surface area contributed by atoms with E-state index in [0.717, 1.165) is 62.4 Å². The van der Waals surface area contributed by atoms with Gasteiger partial charge in [0.05, 0.1) is 6.54 Å². The van der Waals surface area contributed by atoms with Crippen LogP contribution in [0.4, 0.5) is 4.79 Å². The second-order valence-corrected chi connectivity index (χ2v) is 10.4. The number of hydrogen-bond acceptors (Lipinski definition) is 2. The standard InChI is InChI=1S/C22H35N3O2/c26-20(25-6-5-18-3-1-2-4-19(18)14-25)13-23-21(27)24-22-10-15-7-16(11-22)9-17(8-15)12-22/h15-19H,1-14H2,(H2,23,24,27). The number of hydrogen-bond donors (Lipinski definition) is 2. The molecule has 0 aromatic carbocycles. The molecule has 2 unspecified atom stereocenters. The SMILES string of the molecule is O=C(NCC(=O)N1CCC2CCCCC2C1)NC12CC3CC(CC(C3)C1)C2. The van der Waals surface area contributed by atoms with E-state index in [2.05, 4.69) is 10.6 Å². The summed E-state index contributed by atoms with van der Waals surface area (Å²) in [6, 6.07) is -0.127. The monoisotopic (exact) mass is 373 g/mol. The van der Waals surface area contributed by atoms with Crippen molar-refractivity contribution in [1.29, 1.82) is 0 Å². The number of likely N-dealkylation sites (tertiary alicyclic amines) is 1. The summed E-state index contributed by atoms with van der Waals surface area (Å²) < 4.78 is 0. The van der Waals surface area contributed by atoms with Crippen LogP contribution in [0.2, 0.25) is 0 Å². The van der Waals surface area contributed by atoms with E-state index in [1.807, 2.05) is 4.90 Å². The highest BCUT2D eigenvalue weighted by Crippen LogP contribution is 2.55. The van der Waals surface area contributed by atoms with Crippen molar-refractivity contribution in [2.75, 3.05) is 19.6 Å². The number of amides is 3. The Kier molecular flexibility index (Phi) is 4.60. The van der Waals surface area contributed by atoms with Gasteiger partial charge in [-0.1, -0.05) is 19.3 Å². The molecule has 1 aliphatic heterocycles. The second kappa shape index (κ2) is 6.97. The molecule has 0 aromatic heterocycles. The van der Waals surface area contributed by atoms with Crippen molar-refractivity contribution in [1.82, 2.24) is 15.5 Å². The Morgan fingerprint density at radius 2 is 1.52 bits per heavy atom. The summed E-state index contributed by atoms with van der Waals surface area (Å²) in [5.41, 5.74) is 0.0162. The van der Waals surface area contributed by atoms with Crippen LogP contribution in [-0.4, -0.2) is 42.0 Å². The maximum atomic E-state index is 12.6. The topological polar surface area (TPSA) is 61.4 Å². The molecule has 6 aliphatic rings. The number of nitrogens with one attached hydrogen (secondary N) is 2. The molecule has 5 nitrogen and oxygen atoms in total. The normalized spacial score (nSPS) is 42.5. The van der Waals surface area contributed by atoms with Crippen molar-refractivity contribution in [3.8, 4) is 0 Å². The Labute approximate surface area is 163 Å². The van der Waals surface area contributed by atoms with Gasteiger partial charge < -0.3 is 15.5 Å². The first kappa shape index (κ1) is 17.8. The molecule has 2 N–H and O–H groups in total. The Balaban J connectivity index is 1.11. The zero-order chi connectivity index (χ0) is 18.4. The smallest absolute Gasteiger partial charge is 0.315 e. The Morgan fingerprint density at radius 3 is 2.19 bits per heavy atom. The predicted octanol–water partition coefficient (Wildman–Crippen LogP) is 3.29. The molecule has 5 aliphatic carbocycles. The molecule has 1 heterocycles. The van der Waals surface area contributed by atoms with Crippen LogP contribution >= 0.6 is 0 Å². The average molecular weight is 374 g/mol. The fourth-order valence-corrected chi connectivity index (χ4v) is 7.64. The molecule has 6 fully saturated rings. The summed E-state index contributed by atoms with van der Waals surface area (Å²) in [4.78, 5) is 27.2. The lowest BCUT2D eigenvalue weighted by molar-refractivity contribution is -0.133. The van der Waals surface area contributed by atoms with Crippen LogP contribution in [0.15, 0.2) is 0 Å². The molecule has 0 radical (unpaired) electrons. The molecule has 2 atom stereocenters. The fraction of sp³-hybridized carbons (Fsp3) is 0.909. The number of carbonyl (C=O) groups excluding carboxylic acids is 2. The van der Waals surface area contributed by atoms with Crippen LogP contribution < -0.4 is 10.6 Å². The van der Waals surface area contributed by atoms with Crippen LogP contribution in [-0.2, 0) is 4.79 Å². The van der Waals surface area contributed by atoms with E-state index >= 15 is 0 Å². The number of carbonyl (C=O) groups is 2. The molecule has 1 saturated heterocycles. The maximum absolute atomic E-state index is 12.6. The summed E-state index contributed by atoms with van der Waals surface area (Å²) in [5, 5.41) is 6.19. The van der Waals surface area contributed by atoms with E-state index in [0.29, 0.717) is 5.92 Å². The fourth-order valence-electron chi connectivity index (χ4n) is 7.64. The van der Waals surface area contributed by atoms with E-state index in [1.165, 1.54) is 44.9 Å². The summed E-state index contributed by atoms with van der Waals surface area (Å²) in [6.07, 6.45) is 14.0. The van der Waals surface area contributed by atoms with Gasteiger partial charge in [-0.15, -0.1) is 0 Å². The minimum atomic E-state index is -0.127. The van der Waals surface area contributed by atoms with Gasteiger partial charge >= 0.3 is 6.03 Å². The predicted molar refractivity (Wildman–Crippen MR) is 104 cm³/mol. The molecule has 27 heavy (non-hydrogen) atoms. The van der Waals surface area contributed by atoms with E-state index in [4.69, 9.17) is 0 Å². The van der Waals surface area contributed by atoms with Crippen molar-refractivity contribution in [2.24, 2.45) is 29.6 Å². The largest absolute Gasteiger partial charge is 0.341 e. The van der Waals surface area contributed by atoms with E-state index in [9.17, 15) is 9.59 Å². The molecular formula is C22H35N3O2. The van der Waals surface area contributed by atoms with Crippen molar-refractivity contribution >= 4 is 11.9 Å². The van der Waals surface area contributed by atoms with Gasteiger partial charge in [0.25, 0.3) is 0 Å². The van der Waals surface area contributed by atoms with Gasteiger partial charge in [0.1, 0.15) is 0 Å². The number of piperidine rings is 1. The zero-order valence-corrected chi connectivity index (χ0v) is 16.5. The van der Waals surface area contributed by atoms with Gasteiger partial charge in [0.15, 0.2) is 0 Å². The van der Waals surface area contributed by atoms with Gasteiger partial charge in [-0.2, -0.15) is 0 Å². The van der Waals surface area contributed by atoms with Gasteiger partial charge in [0.2, 0.25) is 5.91 Å². The summed E-state index contributed by atoms with van der Waals surface area (Å²) in [6.45, 7) is 1.93. The Morgan fingerprint density at radius 1 is 0.889 bits per heavy atom. The molecule has 5 heteroatoms. The van der Waals surface area contributed by atoms with Crippen LogP contribution in [0.5, 0.6) is 0 Å². The molecule has 0 aromatic rings. The number of nitrogens with zero attached hydrogens (tertiary/aromatic N) is 1. The minimum absolute atomic E-state index is 0.0162. The molecule has 6 rings (SSSR count). The third-order valence-corrected chi connectivity index (χ3v) is 8.46. The highest BCUT2D eigenvalue weighted by Gasteiger charge is 2.51. The minimum Gasteiger partial charge on any atom is -0.341 e. The lowest BCUT2D eigenvalue weighted by Crippen LogP contribution is -2.62. The third-order valence-electron chi connectivity index (χ3n) is 8.46. The molecule has 4 bridgehead atoms. The summed E-state index contributed by atoms with van der Waals surface area (Å²) in [7, 11) is 0. The number of urea groups is 1. The highest BCUT2D eigenvalue weighted by atomic mass is 16.2. The van der Waals surface area contributed by atoms with Gasteiger partial charge in [-0.25, -0.2) is 4.79 Å². The molecule has 3 amide bonds. The molecule has 0 spiro atoms. The second-order valence-electron chi connectivity index (χ2n) is 10.4. The lowest BCUT2D eigenvalue weighted by Gasteiger charge is -2.56. The van der Waals surface area contributed by atoms with Crippen LogP contribution in [0.1, 0.15) is 70.6 Å². The quantitative estimate of drug-likeness (QED) is 0.797. The Hall–Kier alpha value is -1.26. The summed E-state index contributed by atoms with van der Waals surface area (Å²) in [5.74, 6) is 4.06. The first-order chi connectivity index (χ1) is 13.1. The average Bonchev–Trinajstić information content (AvgIpc) is 2.64. The van der Waals surface area contributed by atoms with Crippen molar-refractivity contribution in [3.05, 3.63) is 0 Å². The lowest BCUT2D eigenvalue weighted by atomic mass is 9.53. The van der Waals surface area contributed by atoms with Crippen LogP contribution in [0.25, 0.3) is 0 Å². The highest BCUT2D eigenvalue weighted by molar-refractivity contribution is 5.84. The maximum Gasteiger partial charge on any atom is 0.315 e. The molecule has 5 saturated carbocycles. The van der Waals surface area contributed by atoms with Crippen LogP contribution in [0, 0.1) is 29.6 Å². The number of fused-ring (bicyclic) bond motifs is 1. The van der Waals surface area contributed by atoms with Crippen molar-refractivity contribution < 1.29 is 9.59 Å². The summed E-state index contributed by atoms with van der Waals surface area (Å²) >= 11 is 0. The van der Waals surface area contributed by atoms with E-state index in [1.54, 1.807) is 0 Å². The molecular weight excluding hydrogens is 338 g/mol. The van der Waals surface area contributed by atoms with E-state index < -0.39 is 0 Å². The van der Waals surface area contributed by atoms with Gasteiger partial charge in [0, 0.05) is 18.6 Å². The number of rotatable bonds is 3. The van der Waals surface area contributed by atoms with Crippen LogP contribution in [0.3, 0.4) is 0 Å². The van der Waals surface area contributed by atoms with E-state index in [-0.39, 0.29) is 24.0 Å². The third kappa shape index (κ3) is 3.58.